The molecule has 5 rings (SSSR count). The summed E-state index contributed by atoms with van der Waals surface area (Å²) in [5.74, 6) is 2.02. The molecule has 2 nitrogen and oxygen atoms in total. The van der Waals surface area contributed by atoms with Crippen LogP contribution < -0.4 is 4.74 Å². The normalized spacial score (nSPS) is 28.1. The predicted octanol–water partition coefficient (Wildman–Crippen LogP) is 5.40. The Morgan fingerprint density at radius 3 is 2.04 bits per heavy atom. The highest BCUT2D eigenvalue weighted by Crippen LogP contribution is 2.58. The minimum absolute atomic E-state index is 0.391. The summed E-state index contributed by atoms with van der Waals surface area (Å²) in [6, 6.07) is 16.9. The van der Waals surface area contributed by atoms with E-state index in [9.17, 15) is 5.11 Å². The van der Waals surface area contributed by atoms with Crippen molar-refractivity contribution >= 4 is 21.5 Å². The van der Waals surface area contributed by atoms with Crippen LogP contribution in [0.5, 0.6) is 5.75 Å². The predicted molar refractivity (Wildman–Crippen MR) is 102 cm³/mol. The summed E-state index contributed by atoms with van der Waals surface area (Å²) in [7, 11) is 0. The van der Waals surface area contributed by atoms with Crippen LogP contribution in [0.4, 0.5) is 0 Å². The second-order valence-electron chi connectivity index (χ2n) is 7.73. The SMILES string of the molecule is CCOc1c2ccccc2c(C2(O)CC3CCC2C3)c2ccccc12. The van der Waals surface area contributed by atoms with Gasteiger partial charge >= 0.3 is 0 Å². The van der Waals surface area contributed by atoms with Gasteiger partial charge in [0.15, 0.2) is 0 Å². The first-order chi connectivity index (χ1) is 12.2. The number of benzene rings is 3. The Kier molecular flexibility index (Phi) is 3.33. The molecule has 0 amide bonds. The van der Waals surface area contributed by atoms with Gasteiger partial charge in [0.2, 0.25) is 0 Å². The molecule has 0 aliphatic heterocycles. The van der Waals surface area contributed by atoms with Crippen LogP contribution in [0.1, 0.15) is 38.2 Å². The molecule has 3 unspecified atom stereocenters. The molecule has 3 aromatic carbocycles. The molecule has 128 valence electrons. The summed E-state index contributed by atoms with van der Waals surface area (Å²) in [6.07, 6.45) is 4.50. The van der Waals surface area contributed by atoms with E-state index in [4.69, 9.17) is 4.74 Å². The summed E-state index contributed by atoms with van der Waals surface area (Å²) in [4.78, 5) is 0. The van der Waals surface area contributed by atoms with Crippen LogP contribution in [0.15, 0.2) is 48.5 Å². The molecule has 0 radical (unpaired) electrons. The summed E-state index contributed by atoms with van der Waals surface area (Å²) < 4.78 is 6.06. The van der Waals surface area contributed by atoms with Gasteiger partial charge in [0.05, 0.1) is 12.2 Å². The zero-order valence-electron chi connectivity index (χ0n) is 14.7. The Morgan fingerprint density at radius 1 is 0.960 bits per heavy atom. The Bertz CT molecular complexity index is 904. The molecule has 2 aliphatic carbocycles. The van der Waals surface area contributed by atoms with Crippen molar-refractivity contribution in [3.8, 4) is 5.75 Å². The average Bonchev–Trinajstić information content (AvgIpc) is 3.22. The standard InChI is InChI=1S/C23H24O2/c1-2-25-22-19-9-5-3-7-17(19)21(18-8-4-6-10-20(18)22)23(24)14-15-11-12-16(23)13-15/h3-10,15-16,24H,2,11-14H2,1H3. The van der Waals surface area contributed by atoms with Gasteiger partial charge in [-0.1, -0.05) is 48.5 Å². The number of fused-ring (bicyclic) bond motifs is 4. The third-order valence-corrected chi connectivity index (χ3v) is 6.42. The molecule has 0 heterocycles. The fourth-order valence-corrected chi connectivity index (χ4v) is 5.46. The molecule has 3 aromatic rings. The zero-order chi connectivity index (χ0) is 17.0. The fourth-order valence-electron chi connectivity index (χ4n) is 5.46. The van der Waals surface area contributed by atoms with Crippen molar-refractivity contribution in [2.75, 3.05) is 6.61 Å². The first-order valence-corrected chi connectivity index (χ1v) is 9.51. The second-order valence-corrected chi connectivity index (χ2v) is 7.73. The smallest absolute Gasteiger partial charge is 0.134 e. The second kappa shape index (κ2) is 5.47. The molecule has 3 atom stereocenters. The fraction of sp³-hybridized carbons (Fsp3) is 0.391. The largest absolute Gasteiger partial charge is 0.493 e. The van der Waals surface area contributed by atoms with Crippen molar-refractivity contribution in [2.24, 2.45) is 11.8 Å². The van der Waals surface area contributed by atoms with E-state index >= 15 is 0 Å². The molecule has 0 aromatic heterocycles. The average molecular weight is 332 g/mol. The maximum atomic E-state index is 11.8. The molecule has 0 spiro atoms. The van der Waals surface area contributed by atoms with Gasteiger partial charge in [-0.25, -0.2) is 0 Å². The van der Waals surface area contributed by atoms with E-state index in [2.05, 4.69) is 48.5 Å². The molecule has 0 saturated heterocycles. The van der Waals surface area contributed by atoms with Crippen molar-refractivity contribution < 1.29 is 9.84 Å². The number of aliphatic hydroxyl groups is 1. The number of rotatable bonds is 3. The molecular formula is C23H24O2. The number of hydrogen-bond donors (Lipinski definition) is 1. The zero-order valence-corrected chi connectivity index (χ0v) is 14.7. The van der Waals surface area contributed by atoms with Crippen LogP contribution >= 0.6 is 0 Å². The maximum absolute atomic E-state index is 11.8. The monoisotopic (exact) mass is 332 g/mol. The molecule has 2 heteroatoms. The maximum Gasteiger partial charge on any atom is 0.134 e. The lowest BCUT2D eigenvalue weighted by molar-refractivity contribution is -0.0155. The van der Waals surface area contributed by atoms with Crippen LogP contribution in [0.25, 0.3) is 21.5 Å². The van der Waals surface area contributed by atoms with E-state index in [-0.39, 0.29) is 0 Å². The molecular weight excluding hydrogens is 308 g/mol. The molecule has 2 saturated carbocycles. The minimum atomic E-state index is -0.702. The van der Waals surface area contributed by atoms with Crippen LogP contribution in [-0.4, -0.2) is 11.7 Å². The van der Waals surface area contributed by atoms with Crippen molar-refractivity contribution in [1.82, 2.24) is 0 Å². The van der Waals surface area contributed by atoms with Crippen LogP contribution in [0.3, 0.4) is 0 Å². The van der Waals surface area contributed by atoms with Crippen LogP contribution in [0, 0.1) is 11.8 Å². The van der Waals surface area contributed by atoms with Crippen molar-refractivity contribution in [1.29, 1.82) is 0 Å². The first kappa shape index (κ1) is 15.2. The highest BCUT2D eigenvalue weighted by molar-refractivity contribution is 6.09. The highest BCUT2D eigenvalue weighted by atomic mass is 16.5. The molecule has 1 N–H and O–H groups in total. The highest BCUT2D eigenvalue weighted by Gasteiger charge is 2.52. The summed E-state index contributed by atoms with van der Waals surface area (Å²) in [5.41, 5.74) is 0.432. The topological polar surface area (TPSA) is 29.5 Å². The Hall–Kier alpha value is -2.06. The van der Waals surface area contributed by atoms with E-state index in [1.54, 1.807) is 0 Å². The summed E-state index contributed by atoms with van der Waals surface area (Å²) in [5, 5.41) is 16.4. The lowest BCUT2D eigenvalue weighted by Crippen LogP contribution is -2.32. The summed E-state index contributed by atoms with van der Waals surface area (Å²) in [6.45, 7) is 2.67. The minimum Gasteiger partial charge on any atom is -0.493 e. The first-order valence-electron chi connectivity index (χ1n) is 9.51. The third-order valence-electron chi connectivity index (χ3n) is 6.42. The lowest BCUT2D eigenvalue weighted by Gasteiger charge is -2.35. The van der Waals surface area contributed by atoms with Gasteiger partial charge in [-0.15, -0.1) is 0 Å². The van der Waals surface area contributed by atoms with E-state index in [1.165, 1.54) is 12.8 Å². The van der Waals surface area contributed by atoms with Gasteiger partial charge in [-0.05, 0) is 60.8 Å². The van der Waals surface area contributed by atoms with Gasteiger partial charge in [0.25, 0.3) is 0 Å². The number of hydrogen-bond acceptors (Lipinski definition) is 2. The van der Waals surface area contributed by atoms with E-state index in [1.807, 2.05) is 6.92 Å². The summed E-state index contributed by atoms with van der Waals surface area (Å²) >= 11 is 0. The Balaban J connectivity index is 1.90. The number of ether oxygens (including phenoxy) is 1. The molecule has 2 bridgehead atoms. The van der Waals surface area contributed by atoms with Gasteiger partial charge in [-0.3, -0.25) is 0 Å². The lowest BCUT2D eigenvalue weighted by atomic mass is 9.75. The third kappa shape index (κ3) is 2.07. The Labute approximate surface area is 148 Å². The van der Waals surface area contributed by atoms with Gasteiger partial charge < -0.3 is 9.84 Å². The molecule has 25 heavy (non-hydrogen) atoms. The van der Waals surface area contributed by atoms with Crippen LogP contribution in [-0.2, 0) is 5.60 Å². The van der Waals surface area contributed by atoms with E-state index < -0.39 is 5.60 Å². The van der Waals surface area contributed by atoms with Gasteiger partial charge in [0, 0.05) is 10.8 Å². The van der Waals surface area contributed by atoms with Crippen LogP contribution in [0.2, 0.25) is 0 Å². The molecule has 2 fully saturated rings. The quantitative estimate of drug-likeness (QED) is 0.651. The Morgan fingerprint density at radius 2 is 1.56 bits per heavy atom. The van der Waals surface area contributed by atoms with E-state index in [0.29, 0.717) is 18.4 Å². The van der Waals surface area contributed by atoms with Crippen molar-refractivity contribution in [3.05, 3.63) is 54.1 Å². The van der Waals surface area contributed by atoms with Gasteiger partial charge in [-0.2, -0.15) is 0 Å². The van der Waals surface area contributed by atoms with Gasteiger partial charge in [0.1, 0.15) is 5.75 Å². The van der Waals surface area contributed by atoms with Crippen molar-refractivity contribution in [3.63, 3.8) is 0 Å². The molecule has 2 aliphatic rings. The van der Waals surface area contributed by atoms with E-state index in [0.717, 1.165) is 45.7 Å². The van der Waals surface area contributed by atoms with Crippen molar-refractivity contribution in [2.45, 2.75) is 38.2 Å².